The molecule has 0 bridgehead atoms. The maximum Gasteiger partial charge on any atom is 0.329 e. The summed E-state index contributed by atoms with van der Waals surface area (Å²) in [4.78, 5) is 41.5. The van der Waals surface area contributed by atoms with Crippen molar-refractivity contribution in [3.63, 3.8) is 0 Å². The van der Waals surface area contributed by atoms with Gasteiger partial charge in [0.25, 0.3) is 11.5 Å². The molecular formula is C21H20BrN3O4. The molecule has 0 spiro atoms. The highest BCUT2D eigenvalue weighted by Gasteiger charge is 2.26. The average Bonchev–Trinajstić information content (AvgIpc) is 2.71. The fourth-order valence-electron chi connectivity index (χ4n) is 2.75. The first kappa shape index (κ1) is 20.7. The Morgan fingerprint density at radius 2 is 1.90 bits per heavy atom. The Balaban J connectivity index is 1.70. The second-order valence-corrected chi connectivity index (χ2v) is 7.75. The van der Waals surface area contributed by atoms with Gasteiger partial charge >= 0.3 is 5.97 Å². The molecule has 7 nitrogen and oxygen atoms in total. The molecule has 2 heterocycles. The van der Waals surface area contributed by atoms with Gasteiger partial charge in [-0.05, 0) is 46.1 Å². The molecule has 8 heteroatoms. The zero-order valence-corrected chi connectivity index (χ0v) is 17.5. The molecule has 3 rings (SSSR count). The topological polar surface area (TPSA) is 89.8 Å². The molecule has 150 valence electrons. The number of carbonyl (C=O) groups is 2. The zero-order chi connectivity index (χ0) is 21.0. The van der Waals surface area contributed by atoms with Gasteiger partial charge in [-0.15, -0.1) is 0 Å². The monoisotopic (exact) mass is 457 g/mol. The van der Waals surface area contributed by atoms with Crippen molar-refractivity contribution < 1.29 is 14.3 Å². The van der Waals surface area contributed by atoms with Crippen molar-refractivity contribution >= 4 is 33.5 Å². The van der Waals surface area contributed by atoms with E-state index >= 15 is 0 Å². The molecule has 1 N–H and O–H groups in total. The smallest absolute Gasteiger partial charge is 0.329 e. The molecule has 0 aliphatic carbocycles. The van der Waals surface area contributed by atoms with E-state index in [2.05, 4.69) is 26.2 Å². The Morgan fingerprint density at radius 3 is 2.59 bits per heavy atom. The highest BCUT2D eigenvalue weighted by Crippen LogP contribution is 2.11. The minimum Gasteiger partial charge on any atom is -0.458 e. The number of hydrogen-bond donors (Lipinski definition) is 1. The number of esters is 1. The van der Waals surface area contributed by atoms with Gasteiger partial charge in [0.05, 0.1) is 5.69 Å². The first-order chi connectivity index (χ1) is 13.8. The van der Waals surface area contributed by atoms with Crippen LogP contribution in [0.5, 0.6) is 0 Å². The van der Waals surface area contributed by atoms with Crippen LogP contribution >= 0.6 is 15.9 Å². The van der Waals surface area contributed by atoms with Gasteiger partial charge in [-0.1, -0.05) is 32.0 Å². The second kappa shape index (κ2) is 9.00. The van der Waals surface area contributed by atoms with Crippen molar-refractivity contribution in [3.8, 4) is 0 Å². The first-order valence-corrected chi connectivity index (χ1v) is 9.85. The third-order valence-corrected chi connectivity index (χ3v) is 4.75. The van der Waals surface area contributed by atoms with Crippen LogP contribution in [0.1, 0.15) is 29.9 Å². The maximum absolute atomic E-state index is 12.6. The van der Waals surface area contributed by atoms with Crippen LogP contribution in [-0.2, 0) is 16.1 Å². The lowest BCUT2D eigenvalue weighted by Crippen LogP contribution is -2.45. The molecule has 1 aromatic carbocycles. The number of halogens is 1. The highest BCUT2D eigenvalue weighted by atomic mass is 79.9. The molecule has 0 saturated carbocycles. The summed E-state index contributed by atoms with van der Waals surface area (Å²) in [6, 6.07) is 12.6. The first-order valence-electron chi connectivity index (χ1n) is 9.05. The normalized spacial score (nSPS) is 12.0. The molecule has 29 heavy (non-hydrogen) atoms. The van der Waals surface area contributed by atoms with Crippen molar-refractivity contribution in [2.45, 2.75) is 26.5 Å². The summed E-state index contributed by atoms with van der Waals surface area (Å²) in [7, 11) is 0. The number of rotatable bonds is 6. The van der Waals surface area contributed by atoms with Gasteiger partial charge in [0.1, 0.15) is 18.3 Å². The number of aromatic nitrogens is 2. The summed E-state index contributed by atoms with van der Waals surface area (Å²) >= 11 is 3.31. The number of pyridine rings is 1. The third kappa shape index (κ3) is 5.08. The van der Waals surface area contributed by atoms with Gasteiger partial charge in [-0.3, -0.25) is 14.0 Å². The highest BCUT2D eigenvalue weighted by molar-refractivity contribution is 9.10. The Labute approximate surface area is 175 Å². The summed E-state index contributed by atoms with van der Waals surface area (Å²) in [5.41, 5.74) is 0.966. The van der Waals surface area contributed by atoms with Gasteiger partial charge in [0, 0.05) is 22.3 Å². The minimum absolute atomic E-state index is 0.162. The average molecular weight is 458 g/mol. The van der Waals surface area contributed by atoms with E-state index in [9.17, 15) is 14.4 Å². The Bertz CT molecular complexity index is 1100. The summed E-state index contributed by atoms with van der Waals surface area (Å²) in [6.07, 6.45) is 1.62. The van der Waals surface area contributed by atoms with E-state index in [4.69, 9.17) is 4.74 Å². The van der Waals surface area contributed by atoms with E-state index in [0.717, 1.165) is 4.47 Å². The number of carbonyl (C=O) groups excluding carboxylic acids is 2. The summed E-state index contributed by atoms with van der Waals surface area (Å²) < 4.78 is 7.49. The van der Waals surface area contributed by atoms with E-state index in [1.54, 1.807) is 42.6 Å². The van der Waals surface area contributed by atoms with Crippen molar-refractivity contribution in [1.29, 1.82) is 0 Å². The fraction of sp³-hybridized carbons (Fsp3) is 0.238. The molecule has 2 aromatic heterocycles. The zero-order valence-electron chi connectivity index (χ0n) is 16.0. The van der Waals surface area contributed by atoms with Gasteiger partial charge in [0.15, 0.2) is 0 Å². The number of nitrogens with zero attached hydrogens (tertiary/aromatic N) is 2. The number of hydrogen-bond acceptors (Lipinski definition) is 5. The third-order valence-electron chi connectivity index (χ3n) is 4.28. The molecule has 0 fully saturated rings. The van der Waals surface area contributed by atoms with Crippen LogP contribution in [0.4, 0.5) is 0 Å². The summed E-state index contributed by atoms with van der Waals surface area (Å²) in [5.74, 6) is -1.11. The van der Waals surface area contributed by atoms with E-state index in [0.29, 0.717) is 16.9 Å². The lowest BCUT2D eigenvalue weighted by molar-refractivity contribution is -0.148. The minimum atomic E-state index is -0.819. The molecule has 0 radical (unpaired) electrons. The second-order valence-electron chi connectivity index (χ2n) is 6.83. The number of nitrogens with one attached hydrogen (secondary N) is 1. The van der Waals surface area contributed by atoms with Crippen molar-refractivity contribution in [2.75, 3.05) is 0 Å². The fourth-order valence-corrected chi connectivity index (χ4v) is 3.08. The summed E-state index contributed by atoms with van der Waals surface area (Å²) in [5, 5.41) is 2.71. The van der Waals surface area contributed by atoms with Crippen LogP contribution in [-0.4, -0.2) is 27.3 Å². The van der Waals surface area contributed by atoms with Crippen molar-refractivity contribution in [1.82, 2.24) is 14.7 Å². The van der Waals surface area contributed by atoms with Gasteiger partial charge in [0.2, 0.25) is 0 Å². The van der Waals surface area contributed by atoms with Gasteiger partial charge in [-0.2, -0.15) is 0 Å². The SMILES string of the molecule is CC(C)[C@@H](NC(=O)c1ccccc1)C(=O)OCc1cc(=O)n2cc(Br)ccc2n1. The largest absolute Gasteiger partial charge is 0.458 e. The molecular weight excluding hydrogens is 438 g/mol. The van der Waals surface area contributed by atoms with Crippen LogP contribution in [0.3, 0.4) is 0 Å². The molecule has 0 aliphatic rings. The standard InChI is InChI=1S/C21H20BrN3O4/c1-13(2)19(24-20(27)14-6-4-3-5-7-14)21(28)29-12-16-10-18(26)25-11-15(22)8-9-17(25)23-16/h3-11,13,19H,12H2,1-2H3,(H,24,27)/t19-/m1/s1. The van der Waals surface area contributed by atoms with Crippen molar-refractivity contribution in [2.24, 2.45) is 5.92 Å². The van der Waals surface area contributed by atoms with Crippen LogP contribution in [0.25, 0.3) is 5.65 Å². The predicted molar refractivity (Wildman–Crippen MR) is 111 cm³/mol. The Kier molecular flexibility index (Phi) is 6.43. The van der Waals surface area contributed by atoms with Crippen LogP contribution in [0.15, 0.2) is 64.0 Å². The van der Waals surface area contributed by atoms with Crippen LogP contribution in [0, 0.1) is 5.92 Å². The molecule has 0 saturated heterocycles. The number of ether oxygens (including phenoxy) is 1. The van der Waals surface area contributed by atoms with E-state index in [1.165, 1.54) is 10.5 Å². The predicted octanol–water partition coefficient (Wildman–Crippen LogP) is 2.95. The number of fused-ring (bicyclic) bond motifs is 1. The van der Waals surface area contributed by atoms with E-state index < -0.39 is 12.0 Å². The lowest BCUT2D eigenvalue weighted by Gasteiger charge is -2.20. The van der Waals surface area contributed by atoms with Crippen LogP contribution < -0.4 is 10.9 Å². The summed E-state index contributed by atoms with van der Waals surface area (Å²) in [6.45, 7) is 3.47. The molecule has 0 unspecified atom stereocenters. The van der Waals surface area contributed by atoms with Gasteiger partial charge in [-0.25, -0.2) is 9.78 Å². The quantitative estimate of drug-likeness (QED) is 0.574. The molecule has 1 atom stereocenters. The number of amides is 1. The molecule has 3 aromatic rings. The maximum atomic E-state index is 12.6. The number of benzene rings is 1. The van der Waals surface area contributed by atoms with E-state index in [-0.39, 0.29) is 24.0 Å². The van der Waals surface area contributed by atoms with E-state index in [1.807, 2.05) is 19.9 Å². The molecule has 1 amide bonds. The van der Waals surface area contributed by atoms with Crippen LogP contribution in [0.2, 0.25) is 0 Å². The van der Waals surface area contributed by atoms with Gasteiger partial charge < -0.3 is 10.1 Å². The molecule has 0 aliphatic heterocycles. The lowest BCUT2D eigenvalue weighted by atomic mass is 10.0. The Hall–Kier alpha value is -3.00. The van der Waals surface area contributed by atoms with Crippen molar-refractivity contribution in [3.05, 3.63) is 80.8 Å². The Morgan fingerprint density at radius 1 is 1.17 bits per heavy atom.